The van der Waals surface area contributed by atoms with E-state index in [0.29, 0.717) is 5.69 Å². The molecule has 1 unspecified atom stereocenters. The van der Waals surface area contributed by atoms with E-state index in [-0.39, 0.29) is 6.04 Å². The van der Waals surface area contributed by atoms with Gasteiger partial charge in [0, 0.05) is 17.8 Å². The van der Waals surface area contributed by atoms with E-state index in [1.807, 2.05) is 6.92 Å². The van der Waals surface area contributed by atoms with Crippen molar-refractivity contribution < 1.29 is 8.78 Å². The number of benzene rings is 2. The minimum atomic E-state index is -0.561. The third-order valence-corrected chi connectivity index (χ3v) is 3.87. The minimum Gasteiger partial charge on any atom is -0.378 e. The summed E-state index contributed by atoms with van der Waals surface area (Å²) in [6.45, 7) is 2.00. The van der Waals surface area contributed by atoms with Crippen LogP contribution in [0.25, 0.3) is 0 Å². The molecule has 1 atom stereocenters. The van der Waals surface area contributed by atoms with Crippen molar-refractivity contribution in [2.24, 2.45) is 0 Å². The number of rotatable bonds is 3. The lowest BCUT2D eigenvalue weighted by molar-refractivity contribution is 0.583. The van der Waals surface area contributed by atoms with Crippen LogP contribution in [0.2, 0.25) is 0 Å². The molecule has 1 aliphatic rings. The SMILES string of the molecule is CC(Nc1cc(F)cc(F)c1)c1ccc2c(c1)CCC2. The zero-order valence-electron chi connectivity index (χ0n) is 11.4. The van der Waals surface area contributed by atoms with Crippen molar-refractivity contribution >= 4 is 5.69 Å². The lowest BCUT2D eigenvalue weighted by atomic mass is 10.0. The third-order valence-electron chi connectivity index (χ3n) is 3.87. The number of nitrogens with one attached hydrogen (secondary N) is 1. The molecular weight excluding hydrogens is 256 g/mol. The molecule has 0 aromatic heterocycles. The van der Waals surface area contributed by atoms with E-state index < -0.39 is 11.6 Å². The van der Waals surface area contributed by atoms with E-state index in [4.69, 9.17) is 0 Å². The second kappa shape index (κ2) is 5.23. The van der Waals surface area contributed by atoms with Gasteiger partial charge in [0.25, 0.3) is 0 Å². The Labute approximate surface area is 117 Å². The summed E-state index contributed by atoms with van der Waals surface area (Å²) >= 11 is 0. The maximum absolute atomic E-state index is 13.2. The van der Waals surface area contributed by atoms with Crippen molar-refractivity contribution in [1.29, 1.82) is 0 Å². The second-order valence-electron chi connectivity index (χ2n) is 5.41. The highest BCUT2D eigenvalue weighted by atomic mass is 19.1. The highest BCUT2D eigenvalue weighted by molar-refractivity contribution is 5.47. The number of hydrogen-bond acceptors (Lipinski definition) is 1. The first-order valence-corrected chi connectivity index (χ1v) is 6.96. The molecule has 0 saturated carbocycles. The predicted octanol–water partition coefficient (Wildman–Crippen LogP) is 4.63. The van der Waals surface area contributed by atoms with Gasteiger partial charge >= 0.3 is 0 Å². The number of hydrogen-bond donors (Lipinski definition) is 1. The van der Waals surface area contributed by atoms with Gasteiger partial charge in [-0.05, 0) is 55.0 Å². The number of anilines is 1. The average Bonchev–Trinajstić information content (AvgIpc) is 2.84. The molecule has 0 aliphatic heterocycles. The molecule has 2 aromatic carbocycles. The zero-order valence-corrected chi connectivity index (χ0v) is 11.4. The van der Waals surface area contributed by atoms with Gasteiger partial charge in [0.1, 0.15) is 11.6 Å². The van der Waals surface area contributed by atoms with Gasteiger partial charge in [0.2, 0.25) is 0 Å². The molecule has 0 spiro atoms. The quantitative estimate of drug-likeness (QED) is 0.860. The lowest BCUT2D eigenvalue weighted by Gasteiger charge is -2.17. The van der Waals surface area contributed by atoms with E-state index in [1.165, 1.54) is 29.7 Å². The summed E-state index contributed by atoms with van der Waals surface area (Å²) in [7, 11) is 0. The molecular formula is C17H17F2N. The second-order valence-corrected chi connectivity index (χ2v) is 5.41. The summed E-state index contributed by atoms with van der Waals surface area (Å²) in [5.41, 5.74) is 4.45. The molecule has 0 radical (unpaired) electrons. The number of fused-ring (bicyclic) bond motifs is 1. The topological polar surface area (TPSA) is 12.0 Å². The Morgan fingerprint density at radius 3 is 2.40 bits per heavy atom. The Bertz CT molecular complexity index is 617. The molecule has 1 N–H and O–H groups in total. The van der Waals surface area contributed by atoms with Gasteiger partial charge in [0.05, 0.1) is 0 Å². The van der Waals surface area contributed by atoms with Crippen molar-refractivity contribution in [3.63, 3.8) is 0 Å². The summed E-state index contributed by atoms with van der Waals surface area (Å²) < 4.78 is 26.4. The first-order valence-electron chi connectivity index (χ1n) is 6.96. The smallest absolute Gasteiger partial charge is 0.128 e. The molecule has 0 saturated heterocycles. The van der Waals surface area contributed by atoms with Crippen LogP contribution in [-0.4, -0.2) is 0 Å². The third kappa shape index (κ3) is 2.67. The van der Waals surface area contributed by atoms with E-state index in [2.05, 4.69) is 23.5 Å². The van der Waals surface area contributed by atoms with Crippen LogP contribution in [0, 0.1) is 11.6 Å². The number of aryl methyl sites for hydroxylation is 2. The van der Waals surface area contributed by atoms with Crippen LogP contribution in [-0.2, 0) is 12.8 Å². The fraction of sp³-hybridized carbons (Fsp3) is 0.294. The molecule has 3 rings (SSSR count). The first kappa shape index (κ1) is 13.1. The molecule has 0 fully saturated rings. The Kier molecular flexibility index (Phi) is 3.43. The van der Waals surface area contributed by atoms with Crippen molar-refractivity contribution in [3.8, 4) is 0 Å². The van der Waals surface area contributed by atoms with Gasteiger partial charge < -0.3 is 5.32 Å². The molecule has 104 valence electrons. The molecule has 0 heterocycles. The maximum atomic E-state index is 13.2. The molecule has 0 amide bonds. The van der Waals surface area contributed by atoms with Gasteiger partial charge in [-0.2, -0.15) is 0 Å². The Morgan fingerprint density at radius 2 is 1.65 bits per heavy atom. The first-order chi connectivity index (χ1) is 9.61. The highest BCUT2D eigenvalue weighted by Crippen LogP contribution is 2.27. The van der Waals surface area contributed by atoms with Crippen LogP contribution >= 0.6 is 0 Å². The summed E-state index contributed by atoms with van der Waals surface area (Å²) in [6, 6.07) is 9.99. The predicted molar refractivity (Wildman–Crippen MR) is 76.9 cm³/mol. The van der Waals surface area contributed by atoms with Crippen molar-refractivity contribution in [2.75, 3.05) is 5.32 Å². The summed E-state index contributed by atoms with van der Waals surface area (Å²) in [6.07, 6.45) is 3.51. The lowest BCUT2D eigenvalue weighted by Crippen LogP contribution is -2.07. The monoisotopic (exact) mass is 273 g/mol. The van der Waals surface area contributed by atoms with E-state index in [1.54, 1.807) is 0 Å². The van der Waals surface area contributed by atoms with Crippen LogP contribution in [0.1, 0.15) is 36.1 Å². The zero-order chi connectivity index (χ0) is 14.1. The Balaban J connectivity index is 1.80. The van der Waals surface area contributed by atoms with Crippen molar-refractivity contribution in [3.05, 3.63) is 64.7 Å². The molecule has 1 nitrogen and oxygen atoms in total. The van der Waals surface area contributed by atoms with Crippen LogP contribution < -0.4 is 5.32 Å². The van der Waals surface area contributed by atoms with Gasteiger partial charge in [-0.1, -0.05) is 18.2 Å². The minimum absolute atomic E-state index is 0.0158. The number of halogens is 2. The maximum Gasteiger partial charge on any atom is 0.128 e. The summed E-state index contributed by atoms with van der Waals surface area (Å²) in [5, 5.41) is 3.15. The van der Waals surface area contributed by atoms with Gasteiger partial charge in [-0.25, -0.2) is 8.78 Å². The molecule has 0 bridgehead atoms. The normalized spacial score (nSPS) is 14.9. The molecule has 3 heteroatoms. The Morgan fingerprint density at radius 1 is 0.950 bits per heavy atom. The summed E-state index contributed by atoms with van der Waals surface area (Å²) in [5.74, 6) is -1.12. The van der Waals surface area contributed by atoms with Gasteiger partial charge in [-0.15, -0.1) is 0 Å². The van der Waals surface area contributed by atoms with E-state index in [9.17, 15) is 8.78 Å². The molecule has 1 aliphatic carbocycles. The molecule has 2 aromatic rings. The average molecular weight is 273 g/mol. The van der Waals surface area contributed by atoms with Crippen LogP contribution in [0.4, 0.5) is 14.5 Å². The van der Waals surface area contributed by atoms with Crippen molar-refractivity contribution in [1.82, 2.24) is 0 Å². The van der Waals surface area contributed by atoms with E-state index >= 15 is 0 Å². The standard InChI is InChI=1S/C17H17F2N/c1-11(20-17-9-15(18)8-16(19)10-17)13-6-5-12-3-2-4-14(12)7-13/h5-11,20H,2-4H2,1H3. The van der Waals surface area contributed by atoms with Crippen LogP contribution in [0.15, 0.2) is 36.4 Å². The van der Waals surface area contributed by atoms with Crippen LogP contribution in [0.3, 0.4) is 0 Å². The largest absolute Gasteiger partial charge is 0.378 e. The summed E-state index contributed by atoms with van der Waals surface area (Å²) in [4.78, 5) is 0. The van der Waals surface area contributed by atoms with Gasteiger partial charge in [0.15, 0.2) is 0 Å². The highest BCUT2D eigenvalue weighted by Gasteiger charge is 2.13. The fourth-order valence-corrected chi connectivity index (χ4v) is 2.83. The molecule has 20 heavy (non-hydrogen) atoms. The fourth-order valence-electron chi connectivity index (χ4n) is 2.83. The van der Waals surface area contributed by atoms with Crippen molar-refractivity contribution in [2.45, 2.75) is 32.2 Å². The Hall–Kier alpha value is -1.90. The van der Waals surface area contributed by atoms with Crippen LogP contribution in [0.5, 0.6) is 0 Å². The van der Waals surface area contributed by atoms with E-state index in [0.717, 1.165) is 24.5 Å². The van der Waals surface area contributed by atoms with Gasteiger partial charge in [-0.3, -0.25) is 0 Å².